The van der Waals surface area contributed by atoms with Crippen LogP contribution in [0.15, 0.2) is 48.5 Å². The molecule has 2 aromatic rings. The number of carbonyl (C=O) groups is 1. The summed E-state index contributed by atoms with van der Waals surface area (Å²) in [6.45, 7) is 2.52. The molecule has 0 heterocycles. The van der Waals surface area contributed by atoms with Crippen LogP contribution >= 0.6 is 0 Å². The molecule has 128 valence electrons. The van der Waals surface area contributed by atoms with Crippen molar-refractivity contribution in [2.24, 2.45) is 0 Å². The van der Waals surface area contributed by atoms with Crippen molar-refractivity contribution in [2.75, 3.05) is 19.0 Å². The van der Waals surface area contributed by atoms with Gasteiger partial charge in [0.2, 0.25) is 5.91 Å². The average Bonchev–Trinajstić information content (AvgIpc) is 2.62. The summed E-state index contributed by atoms with van der Waals surface area (Å²) in [5.74, 6) is 1.45. The number of hydrogen-bond donors (Lipinski definition) is 1. The minimum Gasteiger partial charge on any atom is -0.497 e. The van der Waals surface area contributed by atoms with Gasteiger partial charge in [0.1, 0.15) is 11.5 Å². The molecule has 24 heavy (non-hydrogen) atoms. The number of unbranched alkanes of at least 4 members (excludes halogenated alkanes) is 1. The largest absolute Gasteiger partial charge is 0.497 e. The number of aryl methyl sites for hydroxylation is 1. The number of rotatable bonds is 9. The van der Waals surface area contributed by atoms with Gasteiger partial charge in [-0.15, -0.1) is 0 Å². The van der Waals surface area contributed by atoms with Gasteiger partial charge in [0.25, 0.3) is 0 Å². The van der Waals surface area contributed by atoms with E-state index in [4.69, 9.17) is 9.47 Å². The van der Waals surface area contributed by atoms with Crippen molar-refractivity contribution in [3.8, 4) is 11.5 Å². The number of nitrogens with one attached hydrogen (secondary N) is 1. The first-order chi connectivity index (χ1) is 11.7. The van der Waals surface area contributed by atoms with Gasteiger partial charge < -0.3 is 14.8 Å². The first-order valence-corrected chi connectivity index (χ1v) is 8.37. The van der Waals surface area contributed by atoms with E-state index in [-0.39, 0.29) is 5.91 Å². The molecule has 0 aromatic heterocycles. The fourth-order valence-electron chi connectivity index (χ4n) is 2.29. The highest BCUT2D eigenvalue weighted by molar-refractivity contribution is 5.90. The molecule has 0 bridgehead atoms. The zero-order valence-corrected chi connectivity index (χ0v) is 14.4. The second-order valence-electron chi connectivity index (χ2n) is 5.62. The molecule has 4 nitrogen and oxygen atoms in total. The summed E-state index contributed by atoms with van der Waals surface area (Å²) < 4.78 is 10.6. The summed E-state index contributed by atoms with van der Waals surface area (Å²) in [6, 6.07) is 15.3. The molecule has 0 saturated carbocycles. The summed E-state index contributed by atoms with van der Waals surface area (Å²) in [5, 5.41) is 2.89. The van der Waals surface area contributed by atoms with Crippen LogP contribution in [0.3, 0.4) is 0 Å². The van der Waals surface area contributed by atoms with Gasteiger partial charge >= 0.3 is 0 Å². The first-order valence-electron chi connectivity index (χ1n) is 8.37. The molecule has 4 heteroatoms. The lowest BCUT2D eigenvalue weighted by molar-refractivity contribution is -0.116. The molecule has 1 amide bonds. The van der Waals surface area contributed by atoms with Gasteiger partial charge in [-0.25, -0.2) is 0 Å². The van der Waals surface area contributed by atoms with E-state index in [9.17, 15) is 4.79 Å². The highest BCUT2D eigenvalue weighted by Crippen LogP contribution is 2.17. The van der Waals surface area contributed by atoms with Crippen LogP contribution in [-0.4, -0.2) is 19.6 Å². The Morgan fingerprint density at radius 3 is 2.29 bits per heavy atom. The van der Waals surface area contributed by atoms with Crippen LogP contribution in [0.25, 0.3) is 0 Å². The van der Waals surface area contributed by atoms with Crippen molar-refractivity contribution in [3.05, 3.63) is 54.1 Å². The Balaban J connectivity index is 1.72. The average molecular weight is 327 g/mol. The van der Waals surface area contributed by atoms with Gasteiger partial charge in [0.15, 0.2) is 0 Å². The fraction of sp³-hybridized carbons (Fsp3) is 0.350. The number of ether oxygens (including phenoxy) is 2. The lowest BCUT2D eigenvalue weighted by Gasteiger charge is -2.08. The highest BCUT2D eigenvalue weighted by atomic mass is 16.5. The van der Waals surface area contributed by atoms with Crippen LogP contribution < -0.4 is 14.8 Å². The predicted octanol–water partition coefficient (Wildman–Crippen LogP) is 4.45. The number of amides is 1. The lowest BCUT2D eigenvalue weighted by atomic mass is 10.1. The molecule has 0 saturated heterocycles. The van der Waals surface area contributed by atoms with E-state index in [1.54, 1.807) is 7.11 Å². The van der Waals surface area contributed by atoms with Gasteiger partial charge in [-0.05, 0) is 54.8 Å². The Hall–Kier alpha value is -2.49. The van der Waals surface area contributed by atoms with Crippen LogP contribution in [0.5, 0.6) is 11.5 Å². The Labute approximate surface area is 143 Å². The molecule has 0 aliphatic rings. The third-order valence-corrected chi connectivity index (χ3v) is 3.71. The van der Waals surface area contributed by atoms with E-state index in [2.05, 4.69) is 24.4 Å². The second-order valence-corrected chi connectivity index (χ2v) is 5.62. The predicted molar refractivity (Wildman–Crippen MR) is 96.8 cm³/mol. The minimum absolute atomic E-state index is 0.0511. The molecule has 2 rings (SSSR count). The number of hydrogen-bond acceptors (Lipinski definition) is 3. The van der Waals surface area contributed by atoms with Crippen molar-refractivity contribution < 1.29 is 14.3 Å². The maximum Gasteiger partial charge on any atom is 0.227 e. The van der Waals surface area contributed by atoms with Crippen molar-refractivity contribution in [2.45, 2.75) is 32.6 Å². The van der Waals surface area contributed by atoms with Crippen molar-refractivity contribution in [1.82, 2.24) is 0 Å². The second kappa shape index (κ2) is 9.60. The Morgan fingerprint density at radius 2 is 1.67 bits per heavy atom. The van der Waals surface area contributed by atoms with Crippen LogP contribution in [0, 0.1) is 0 Å². The van der Waals surface area contributed by atoms with E-state index < -0.39 is 0 Å². The van der Waals surface area contributed by atoms with Gasteiger partial charge in [0.05, 0.1) is 20.1 Å². The van der Waals surface area contributed by atoms with Crippen LogP contribution in [0.2, 0.25) is 0 Å². The molecule has 0 aliphatic carbocycles. The normalized spacial score (nSPS) is 10.2. The fourth-order valence-corrected chi connectivity index (χ4v) is 2.29. The maximum atomic E-state index is 11.9. The van der Waals surface area contributed by atoms with Gasteiger partial charge in [-0.2, -0.15) is 0 Å². The summed E-state index contributed by atoms with van der Waals surface area (Å²) in [7, 11) is 1.62. The number of methoxy groups -OCH3 is 1. The van der Waals surface area contributed by atoms with Crippen molar-refractivity contribution in [3.63, 3.8) is 0 Å². The molecule has 0 radical (unpaired) electrons. The van der Waals surface area contributed by atoms with Gasteiger partial charge in [-0.3, -0.25) is 4.79 Å². The quantitative estimate of drug-likeness (QED) is 0.740. The number of anilines is 1. The van der Waals surface area contributed by atoms with Crippen molar-refractivity contribution >= 4 is 11.6 Å². The minimum atomic E-state index is -0.0511. The van der Waals surface area contributed by atoms with E-state index in [1.165, 1.54) is 18.4 Å². The maximum absolute atomic E-state index is 11.9. The SMILES string of the molecule is CCCCc1ccc(NC(=O)CCOc2ccc(OC)cc2)cc1. The van der Waals surface area contributed by atoms with Gasteiger partial charge in [0, 0.05) is 5.69 Å². The van der Waals surface area contributed by atoms with Crippen LogP contribution in [0.1, 0.15) is 31.7 Å². The summed E-state index contributed by atoms with van der Waals surface area (Å²) in [5.41, 5.74) is 2.13. The monoisotopic (exact) mass is 327 g/mol. The molecule has 1 N–H and O–H groups in total. The molecular formula is C20H25NO3. The molecule has 0 spiro atoms. The smallest absolute Gasteiger partial charge is 0.227 e. The topological polar surface area (TPSA) is 47.6 Å². The molecule has 0 fully saturated rings. The summed E-state index contributed by atoms with van der Waals surface area (Å²) in [6.07, 6.45) is 3.77. The first kappa shape index (κ1) is 17.9. The Bertz CT molecular complexity index is 620. The van der Waals surface area contributed by atoms with Gasteiger partial charge in [-0.1, -0.05) is 25.5 Å². The van der Waals surface area contributed by atoms with E-state index in [0.717, 1.165) is 23.6 Å². The van der Waals surface area contributed by atoms with Crippen LogP contribution in [0.4, 0.5) is 5.69 Å². The lowest BCUT2D eigenvalue weighted by Crippen LogP contribution is -2.15. The van der Waals surface area contributed by atoms with E-state index in [1.807, 2.05) is 36.4 Å². The molecule has 0 aliphatic heterocycles. The Kier molecular flexibility index (Phi) is 7.15. The molecule has 2 aromatic carbocycles. The number of carbonyl (C=O) groups excluding carboxylic acids is 1. The zero-order valence-electron chi connectivity index (χ0n) is 14.4. The Morgan fingerprint density at radius 1 is 1.00 bits per heavy atom. The van der Waals surface area contributed by atoms with E-state index >= 15 is 0 Å². The number of benzene rings is 2. The molecular weight excluding hydrogens is 302 g/mol. The standard InChI is InChI=1S/C20H25NO3/c1-3-4-5-16-6-8-17(9-7-16)21-20(22)14-15-24-19-12-10-18(23-2)11-13-19/h6-13H,3-5,14-15H2,1-2H3,(H,21,22). The van der Waals surface area contributed by atoms with Crippen molar-refractivity contribution in [1.29, 1.82) is 0 Å². The summed E-state index contributed by atoms with van der Waals surface area (Å²) in [4.78, 5) is 11.9. The van der Waals surface area contributed by atoms with E-state index in [0.29, 0.717) is 13.0 Å². The summed E-state index contributed by atoms with van der Waals surface area (Å²) >= 11 is 0. The van der Waals surface area contributed by atoms with Crippen LogP contribution in [-0.2, 0) is 11.2 Å². The third kappa shape index (κ3) is 5.95. The zero-order chi connectivity index (χ0) is 17.2. The molecule has 0 atom stereocenters. The molecule has 0 unspecified atom stereocenters. The third-order valence-electron chi connectivity index (χ3n) is 3.71. The highest BCUT2D eigenvalue weighted by Gasteiger charge is 2.04.